The van der Waals surface area contributed by atoms with Gasteiger partial charge >= 0.3 is 0 Å². The van der Waals surface area contributed by atoms with Gasteiger partial charge in [0.2, 0.25) is 5.24 Å². The van der Waals surface area contributed by atoms with Crippen molar-refractivity contribution in [3.63, 3.8) is 0 Å². The molecule has 0 aromatic heterocycles. The number of hydrogen-bond donors (Lipinski definition) is 0. The summed E-state index contributed by atoms with van der Waals surface area (Å²) >= 11 is 5.82. The van der Waals surface area contributed by atoms with Crippen LogP contribution < -0.4 is 0 Å². The second kappa shape index (κ2) is 3.07. The molecule has 1 unspecified atom stereocenters. The highest BCUT2D eigenvalue weighted by Crippen LogP contribution is 2.20. The number of carbonyl (C=O) groups is 2. The van der Waals surface area contributed by atoms with Crippen LogP contribution >= 0.6 is 23.6 Å². The Labute approximate surface area is 66.6 Å². The van der Waals surface area contributed by atoms with Crippen molar-refractivity contribution in [3.05, 3.63) is 12.3 Å². The van der Waals surface area contributed by atoms with Gasteiger partial charge in [0.1, 0.15) is 6.26 Å². The van der Waals surface area contributed by atoms with Crippen LogP contribution in [0.2, 0.25) is 0 Å². The molecular weight excluding hydrogens is 176 g/mol. The smallest absolute Gasteiger partial charge is 0.246 e. The van der Waals surface area contributed by atoms with Crippen molar-refractivity contribution >= 4 is 34.7 Å². The van der Waals surface area contributed by atoms with E-state index in [0.717, 1.165) is 12.0 Å². The molecule has 0 bridgehead atoms. The third-order valence-corrected chi connectivity index (χ3v) is 2.11. The van der Waals surface area contributed by atoms with Crippen molar-refractivity contribution in [2.24, 2.45) is 0 Å². The number of hydrogen-bond acceptors (Lipinski definition) is 4. The molecule has 0 aromatic carbocycles. The van der Waals surface area contributed by atoms with E-state index < -0.39 is 10.5 Å². The van der Waals surface area contributed by atoms with E-state index in [9.17, 15) is 9.59 Å². The highest BCUT2D eigenvalue weighted by molar-refractivity contribution is 7.97. The first-order chi connectivity index (χ1) is 4.72. The molecule has 54 valence electrons. The molecule has 1 aliphatic heterocycles. The molecule has 0 radical (unpaired) electrons. The Morgan fingerprint density at radius 3 is 2.90 bits per heavy atom. The zero-order valence-electron chi connectivity index (χ0n) is 4.74. The lowest BCUT2D eigenvalue weighted by Crippen LogP contribution is -2.23. The zero-order valence-corrected chi connectivity index (χ0v) is 6.32. The van der Waals surface area contributed by atoms with Crippen LogP contribution in [0, 0.1) is 0 Å². The first kappa shape index (κ1) is 7.63. The van der Waals surface area contributed by atoms with Crippen molar-refractivity contribution in [3.8, 4) is 0 Å². The van der Waals surface area contributed by atoms with Gasteiger partial charge in [0, 0.05) is 6.08 Å². The van der Waals surface area contributed by atoms with Crippen molar-refractivity contribution in [2.45, 2.75) is 5.25 Å². The molecule has 0 spiro atoms. The first-order valence-corrected chi connectivity index (χ1v) is 3.62. The molecule has 1 atom stereocenters. The number of carbonyl (C=O) groups excluding carboxylic acids is 2. The van der Waals surface area contributed by atoms with Gasteiger partial charge < -0.3 is 4.18 Å². The van der Waals surface area contributed by atoms with Crippen LogP contribution in [-0.4, -0.2) is 16.3 Å². The van der Waals surface area contributed by atoms with E-state index in [4.69, 9.17) is 11.6 Å². The molecule has 0 saturated carbocycles. The third-order valence-electron chi connectivity index (χ3n) is 0.904. The summed E-state index contributed by atoms with van der Waals surface area (Å²) in [6, 6.07) is 0. The maximum absolute atomic E-state index is 10.7. The SMILES string of the molecule is O=C(Cl)C1SOC=CC1=O. The van der Waals surface area contributed by atoms with E-state index in [1.54, 1.807) is 0 Å². The summed E-state index contributed by atoms with van der Waals surface area (Å²) in [7, 11) is 0. The molecule has 3 nitrogen and oxygen atoms in total. The van der Waals surface area contributed by atoms with Gasteiger partial charge in [-0.05, 0) is 11.6 Å². The number of halogens is 1. The van der Waals surface area contributed by atoms with E-state index in [0.29, 0.717) is 0 Å². The van der Waals surface area contributed by atoms with Crippen molar-refractivity contribution in [1.29, 1.82) is 0 Å². The van der Waals surface area contributed by atoms with Gasteiger partial charge in [0.25, 0.3) is 0 Å². The Morgan fingerprint density at radius 2 is 2.50 bits per heavy atom. The van der Waals surface area contributed by atoms with Crippen LogP contribution in [0.3, 0.4) is 0 Å². The summed E-state index contributed by atoms with van der Waals surface area (Å²) in [5.74, 6) is -0.323. The van der Waals surface area contributed by atoms with Crippen LogP contribution in [0.4, 0.5) is 0 Å². The summed E-state index contributed by atoms with van der Waals surface area (Å²) < 4.78 is 4.62. The maximum atomic E-state index is 10.7. The molecule has 5 heteroatoms. The molecule has 1 heterocycles. The highest BCUT2D eigenvalue weighted by atomic mass is 35.5. The monoisotopic (exact) mass is 178 g/mol. The largest absolute Gasteiger partial charge is 0.432 e. The fourth-order valence-corrected chi connectivity index (χ4v) is 1.16. The summed E-state index contributed by atoms with van der Waals surface area (Å²) in [4.78, 5) is 21.2. The van der Waals surface area contributed by atoms with Crippen LogP contribution in [0.5, 0.6) is 0 Å². The number of allylic oxidation sites excluding steroid dienone is 1. The molecule has 0 aliphatic carbocycles. The van der Waals surface area contributed by atoms with Gasteiger partial charge in [-0.3, -0.25) is 9.59 Å². The van der Waals surface area contributed by atoms with Crippen molar-refractivity contribution in [2.75, 3.05) is 0 Å². The van der Waals surface area contributed by atoms with Crippen molar-refractivity contribution < 1.29 is 13.8 Å². The first-order valence-electron chi connectivity index (χ1n) is 2.43. The standard InChI is InChI=1S/C5H3ClO3S/c6-5(8)4-3(7)1-2-9-10-4/h1-2,4H. The summed E-state index contributed by atoms with van der Waals surface area (Å²) in [6.45, 7) is 0. The topological polar surface area (TPSA) is 43.4 Å². The lowest BCUT2D eigenvalue weighted by Gasteiger charge is -2.09. The van der Waals surface area contributed by atoms with E-state index in [-0.39, 0.29) is 5.78 Å². The Bertz CT molecular complexity index is 201. The lowest BCUT2D eigenvalue weighted by molar-refractivity contribution is -0.120. The molecule has 0 saturated heterocycles. The lowest BCUT2D eigenvalue weighted by atomic mass is 10.3. The van der Waals surface area contributed by atoms with Crippen LogP contribution in [0.15, 0.2) is 12.3 Å². The Morgan fingerprint density at radius 1 is 1.80 bits per heavy atom. The average Bonchev–Trinajstić information content (AvgIpc) is 1.88. The predicted octanol–water partition coefficient (Wildman–Crippen LogP) is 0.882. The molecule has 0 N–H and O–H groups in total. The van der Waals surface area contributed by atoms with E-state index in [1.165, 1.54) is 12.3 Å². The van der Waals surface area contributed by atoms with Gasteiger partial charge in [-0.25, -0.2) is 0 Å². The molecule has 0 aromatic rings. The third kappa shape index (κ3) is 1.52. The van der Waals surface area contributed by atoms with Crippen LogP contribution in [0.1, 0.15) is 0 Å². The highest BCUT2D eigenvalue weighted by Gasteiger charge is 2.27. The minimum atomic E-state index is -0.883. The summed E-state index contributed by atoms with van der Waals surface area (Å²) in [6.07, 6.45) is 2.41. The fourth-order valence-electron chi connectivity index (χ4n) is 0.467. The Hall–Kier alpha value is -0.480. The van der Waals surface area contributed by atoms with Gasteiger partial charge in [0.05, 0.1) is 12.0 Å². The van der Waals surface area contributed by atoms with E-state index in [2.05, 4.69) is 4.18 Å². The van der Waals surface area contributed by atoms with Gasteiger partial charge in [-0.2, -0.15) is 0 Å². The summed E-state index contributed by atoms with van der Waals surface area (Å²) in [5.41, 5.74) is 0. The minimum absolute atomic E-state index is 0.323. The fraction of sp³-hybridized carbons (Fsp3) is 0.200. The Balaban J connectivity index is 2.70. The summed E-state index contributed by atoms with van der Waals surface area (Å²) in [5, 5.41) is -1.58. The average molecular weight is 179 g/mol. The normalized spacial score (nSPS) is 24.1. The molecule has 10 heavy (non-hydrogen) atoms. The molecular formula is C5H3ClO3S. The Kier molecular flexibility index (Phi) is 2.34. The molecule has 1 aliphatic rings. The maximum Gasteiger partial charge on any atom is 0.246 e. The molecule has 1 rings (SSSR count). The van der Waals surface area contributed by atoms with Crippen molar-refractivity contribution in [1.82, 2.24) is 0 Å². The second-order valence-electron chi connectivity index (χ2n) is 1.58. The van der Waals surface area contributed by atoms with E-state index >= 15 is 0 Å². The van der Waals surface area contributed by atoms with E-state index in [1.807, 2.05) is 0 Å². The second-order valence-corrected chi connectivity index (χ2v) is 2.81. The van der Waals surface area contributed by atoms with Crippen LogP contribution in [0.25, 0.3) is 0 Å². The number of rotatable bonds is 1. The van der Waals surface area contributed by atoms with Gasteiger partial charge in [-0.15, -0.1) is 0 Å². The number of ketones is 1. The molecule has 0 fully saturated rings. The predicted molar refractivity (Wildman–Crippen MR) is 37.5 cm³/mol. The molecule has 0 amide bonds. The van der Waals surface area contributed by atoms with Gasteiger partial charge in [0.15, 0.2) is 11.0 Å². The zero-order chi connectivity index (χ0) is 7.56. The van der Waals surface area contributed by atoms with Crippen LogP contribution in [-0.2, 0) is 13.8 Å². The van der Waals surface area contributed by atoms with Gasteiger partial charge in [-0.1, -0.05) is 0 Å². The quantitative estimate of drug-likeness (QED) is 0.340. The minimum Gasteiger partial charge on any atom is -0.432 e.